The number of halogens is 1. The van der Waals surface area contributed by atoms with Gasteiger partial charge in [-0.1, -0.05) is 12.1 Å². The molecule has 0 saturated carbocycles. The summed E-state index contributed by atoms with van der Waals surface area (Å²) in [5.41, 5.74) is 0.740. The maximum Gasteiger partial charge on any atom is 0.407 e. The fraction of sp³-hybridized carbons (Fsp3) is 0.286. The van der Waals surface area contributed by atoms with Crippen LogP contribution >= 0.6 is 0 Å². The minimum absolute atomic E-state index is 0.167. The zero-order valence-corrected chi connectivity index (χ0v) is 10.8. The summed E-state index contributed by atoms with van der Waals surface area (Å²) in [5, 5.41) is 8.82. The first kappa shape index (κ1) is 14.0. The molecule has 0 radical (unpaired) electrons. The van der Waals surface area contributed by atoms with Gasteiger partial charge in [0.25, 0.3) is 0 Å². The largest absolute Gasteiger partial charge is 0.465 e. The van der Waals surface area contributed by atoms with Gasteiger partial charge < -0.3 is 14.9 Å². The van der Waals surface area contributed by atoms with Crippen molar-refractivity contribution in [3.8, 4) is 0 Å². The molecule has 0 aliphatic carbocycles. The van der Waals surface area contributed by atoms with Crippen molar-refractivity contribution < 1.29 is 19.1 Å². The van der Waals surface area contributed by atoms with E-state index in [1.807, 2.05) is 0 Å². The van der Waals surface area contributed by atoms with Gasteiger partial charge in [-0.2, -0.15) is 0 Å². The van der Waals surface area contributed by atoms with Gasteiger partial charge in [0.15, 0.2) is 0 Å². The molecule has 1 saturated heterocycles. The first-order chi connectivity index (χ1) is 9.56. The lowest BCUT2D eigenvalue weighted by molar-refractivity contribution is -0.127. The monoisotopic (exact) mass is 278 g/mol. The van der Waals surface area contributed by atoms with E-state index in [0.29, 0.717) is 26.2 Å². The summed E-state index contributed by atoms with van der Waals surface area (Å²) >= 11 is 0. The number of carboxylic acid groups (broad SMARTS) is 1. The molecule has 1 heterocycles. The second-order valence-electron chi connectivity index (χ2n) is 4.48. The van der Waals surface area contributed by atoms with Crippen molar-refractivity contribution in [3.63, 3.8) is 0 Å². The van der Waals surface area contributed by atoms with Crippen LogP contribution < -0.4 is 0 Å². The highest BCUT2D eigenvalue weighted by Gasteiger charge is 2.22. The van der Waals surface area contributed by atoms with E-state index in [4.69, 9.17) is 5.11 Å². The predicted octanol–water partition coefficient (Wildman–Crippen LogP) is 1.66. The van der Waals surface area contributed by atoms with Crippen LogP contribution in [-0.2, 0) is 4.79 Å². The number of hydrogen-bond acceptors (Lipinski definition) is 2. The zero-order chi connectivity index (χ0) is 14.5. The molecular weight excluding hydrogens is 263 g/mol. The molecule has 1 N–H and O–H groups in total. The molecule has 0 unspecified atom stereocenters. The smallest absolute Gasteiger partial charge is 0.407 e. The van der Waals surface area contributed by atoms with Crippen LogP contribution in [-0.4, -0.2) is 53.1 Å². The number of nitrogens with zero attached hydrogens (tertiary/aromatic N) is 2. The number of carbonyl (C=O) groups is 2. The lowest BCUT2D eigenvalue weighted by Gasteiger charge is -2.32. The summed E-state index contributed by atoms with van der Waals surface area (Å²) in [7, 11) is 0. The second kappa shape index (κ2) is 6.18. The maximum absolute atomic E-state index is 12.7. The van der Waals surface area contributed by atoms with Crippen molar-refractivity contribution in [1.29, 1.82) is 0 Å². The molecule has 106 valence electrons. The van der Waals surface area contributed by atoms with Crippen molar-refractivity contribution in [1.82, 2.24) is 9.80 Å². The molecule has 1 aliphatic rings. The van der Waals surface area contributed by atoms with Crippen LogP contribution in [0.25, 0.3) is 6.08 Å². The van der Waals surface area contributed by atoms with Gasteiger partial charge in [0.05, 0.1) is 0 Å². The molecule has 1 aliphatic heterocycles. The molecule has 1 aromatic rings. The average molecular weight is 278 g/mol. The number of rotatable bonds is 2. The molecule has 2 rings (SSSR count). The van der Waals surface area contributed by atoms with Crippen LogP contribution in [0.3, 0.4) is 0 Å². The van der Waals surface area contributed by atoms with Crippen LogP contribution in [0, 0.1) is 5.82 Å². The summed E-state index contributed by atoms with van der Waals surface area (Å²) in [6, 6.07) is 5.83. The van der Waals surface area contributed by atoms with E-state index in [-0.39, 0.29) is 11.7 Å². The van der Waals surface area contributed by atoms with Crippen LogP contribution in [0.5, 0.6) is 0 Å². The fourth-order valence-electron chi connectivity index (χ4n) is 1.96. The Morgan fingerprint density at radius 3 is 2.15 bits per heavy atom. The third-order valence-corrected chi connectivity index (χ3v) is 3.15. The van der Waals surface area contributed by atoms with Crippen LogP contribution in [0.4, 0.5) is 9.18 Å². The number of benzene rings is 1. The van der Waals surface area contributed by atoms with E-state index in [1.165, 1.54) is 23.1 Å². The molecule has 2 amide bonds. The highest BCUT2D eigenvalue weighted by molar-refractivity contribution is 5.91. The minimum atomic E-state index is -0.959. The van der Waals surface area contributed by atoms with E-state index < -0.39 is 6.09 Å². The summed E-state index contributed by atoms with van der Waals surface area (Å²) in [5.74, 6) is -0.488. The van der Waals surface area contributed by atoms with Crippen molar-refractivity contribution in [2.75, 3.05) is 26.2 Å². The summed E-state index contributed by atoms with van der Waals surface area (Å²) in [6.45, 7) is 1.43. The number of piperazine rings is 1. The molecule has 6 heteroatoms. The van der Waals surface area contributed by atoms with Crippen molar-refractivity contribution in [2.24, 2.45) is 0 Å². The van der Waals surface area contributed by atoms with Gasteiger partial charge in [0.1, 0.15) is 5.82 Å². The molecule has 1 fully saturated rings. The molecule has 20 heavy (non-hydrogen) atoms. The summed E-state index contributed by atoms with van der Waals surface area (Å²) in [6.07, 6.45) is 2.08. The first-order valence-electron chi connectivity index (χ1n) is 6.27. The van der Waals surface area contributed by atoms with Crippen LogP contribution in [0.1, 0.15) is 5.56 Å². The van der Waals surface area contributed by atoms with Gasteiger partial charge in [-0.15, -0.1) is 0 Å². The van der Waals surface area contributed by atoms with Crippen LogP contribution in [0.2, 0.25) is 0 Å². The van der Waals surface area contributed by atoms with Gasteiger partial charge in [-0.3, -0.25) is 4.79 Å². The maximum atomic E-state index is 12.7. The van der Waals surface area contributed by atoms with Crippen molar-refractivity contribution in [2.45, 2.75) is 0 Å². The quantitative estimate of drug-likeness (QED) is 0.837. The van der Waals surface area contributed by atoms with Gasteiger partial charge in [0.2, 0.25) is 5.91 Å². The lowest BCUT2D eigenvalue weighted by atomic mass is 10.2. The Hall–Kier alpha value is -2.37. The number of amides is 2. The Morgan fingerprint density at radius 1 is 1.05 bits per heavy atom. The van der Waals surface area contributed by atoms with Crippen molar-refractivity contribution in [3.05, 3.63) is 41.7 Å². The Morgan fingerprint density at radius 2 is 1.60 bits per heavy atom. The Labute approximate surface area is 115 Å². The van der Waals surface area contributed by atoms with E-state index in [1.54, 1.807) is 23.1 Å². The molecule has 0 bridgehead atoms. The van der Waals surface area contributed by atoms with E-state index in [9.17, 15) is 14.0 Å². The van der Waals surface area contributed by atoms with Gasteiger partial charge >= 0.3 is 6.09 Å². The summed E-state index contributed by atoms with van der Waals surface area (Å²) < 4.78 is 12.7. The second-order valence-corrected chi connectivity index (χ2v) is 4.48. The first-order valence-corrected chi connectivity index (χ1v) is 6.27. The Kier molecular flexibility index (Phi) is 4.34. The van der Waals surface area contributed by atoms with E-state index in [2.05, 4.69) is 0 Å². The predicted molar refractivity (Wildman–Crippen MR) is 71.6 cm³/mol. The molecule has 0 spiro atoms. The lowest BCUT2D eigenvalue weighted by Crippen LogP contribution is -2.49. The SMILES string of the molecule is O=C(O)N1CCN(C(=O)/C=C/c2ccc(F)cc2)CC1. The molecule has 0 aromatic heterocycles. The highest BCUT2D eigenvalue weighted by Crippen LogP contribution is 2.07. The normalized spacial score (nSPS) is 15.7. The molecule has 0 atom stereocenters. The van der Waals surface area contributed by atoms with Gasteiger partial charge in [-0.05, 0) is 23.8 Å². The van der Waals surface area contributed by atoms with Crippen LogP contribution in [0.15, 0.2) is 30.3 Å². The molecular formula is C14H15FN2O3. The van der Waals surface area contributed by atoms with E-state index in [0.717, 1.165) is 5.56 Å². The third-order valence-electron chi connectivity index (χ3n) is 3.15. The zero-order valence-electron chi connectivity index (χ0n) is 10.8. The molecule has 1 aromatic carbocycles. The minimum Gasteiger partial charge on any atom is -0.465 e. The number of carbonyl (C=O) groups excluding carboxylic acids is 1. The molecule has 5 nitrogen and oxygen atoms in total. The highest BCUT2D eigenvalue weighted by atomic mass is 19.1. The van der Waals surface area contributed by atoms with Crippen molar-refractivity contribution >= 4 is 18.1 Å². The van der Waals surface area contributed by atoms with Gasteiger partial charge in [0, 0.05) is 32.3 Å². The Balaban J connectivity index is 1.89. The Bertz CT molecular complexity index is 520. The third kappa shape index (κ3) is 3.57. The number of hydrogen-bond donors (Lipinski definition) is 1. The topological polar surface area (TPSA) is 60.9 Å². The summed E-state index contributed by atoms with van der Waals surface area (Å²) in [4.78, 5) is 25.5. The van der Waals surface area contributed by atoms with E-state index >= 15 is 0 Å². The van der Waals surface area contributed by atoms with Gasteiger partial charge in [-0.25, -0.2) is 9.18 Å². The average Bonchev–Trinajstić information content (AvgIpc) is 2.46. The standard InChI is InChI=1S/C14H15FN2O3/c15-12-4-1-11(2-5-12)3-6-13(18)16-7-9-17(10-8-16)14(19)20/h1-6H,7-10H2,(H,19,20)/b6-3+. The fourth-order valence-corrected chi connectivity index (χ4v) is 1.96.